The SMILES string of the molecule is Cc1cc(C)n(/C=C\C=C\c2ccccc2)n1. The Morgan fingerprint density at radius 1 is 1.06 bits per heavy atom. The lowest BCUT2D eigenvalue weighted by atomic mass is 10.2. The van der Waals surface area contributed by atoms with Crippen LogP contribution in [0.1, 0.15) is 17.0 Å². The largest absolute Gasteiger partial charge is 0.245 e. The van der Waals surface area contributed by atoms with Gasteiger partial charge in [-0.05, 0) is 31.6 Å². The molecule has 2 rings (SSSR count). The van der Waals surface area contributed by atoms with Gasteiger partial charge in [-0.2, -0.15) is 5.10 Å². The van der Waals surface area contributed by atoms with Crippen LogP contribution in [0.15, 0.2) is 48.6 Å². The van der Waals surface area contributed by atoms with Gasteiger partial charge in [-0.15, -0.1) is 0 Å². The van der Waals surface area contributed by atoms with Crippen LogP contribution in [-0.2, 0) is 0 Å². The fraction of sp³-hybridized carbons (Fsp3) is 0.133. The number of hydrogen-bond acceptors (Lipinski definition) is 1. The van der Waals surface area contributed by atoms with E-state index >= 15 is 0 Å². The van der Waals surface area contributed by atoms with Crippen LogP contribution in [0.5, 0.6) is 0 Å². The van der Waals surface area contributed by atoms with E-state index in [1.165, 1.54) is 5.56 Å². The summed E-state index contributed by atoms with van der Waals surface area (Å²) in [5.74, 6) is 0. The molecule has 1 heterocycles. The van der Waals surface area contributed by atoms with Crippen LogP contribution in [0.3, 0.4) is 0 Å². The van der Waals surface area contributed by atoms with Crippen LogP contribution >= 0.6 is 0 Å². The van der Waals surface area contributed by atoms with E-state index in [9.17, 15) is 0 Å². The van der Waals surface area contributed by atoms with Crippen molar-refractivity contribution >= 4 is 12.3 Å². The van der Waals surface area contributed by atoms with Gasteiger partial charge in [0.2, 0.25) is 0 Å². The Kier molecular flexibility index (Phi) is 3.55. The van der Waals surface area contributed by atoms with Gasteiger partial charge in [-0.3, -0.25) is 0 Å². The average molecular weight is 224 g/mol. The van der Waals surface area contributed by atoms with Crippen LogP contribution in [0.4, 0.5) is 0 Å². The van der Waals surface area contributed by atoms with E-state index in [1.807, 2.05) is 55.1 Å². The molecular weight excluding hydrogens is 208 g/mol. The van der Waals surface area contributed by atoms with Crippen molar-refractivity contribution in [1.29, 1.82) is 0 Å². The van der Waals surface area contributed by atoms with Gasteiger partial charge in [-0.25, -0.2) is 4.68 Å². The molecule has 0 radical (unpaired) electrons. The summed E-state index contributed by atoms with van der Waals surface area (Å²) < 4.78 is 1.88. The van der Waals surface area contributed by atoms with Gasteiger partial charge >= 0.3 is 0 Å². The number of hydrogen-bond donors (Lipinski definition) is 0. The summed E-state index contributed by atoms with van der Waals surface area (Å²) in [6, 6.07) is 12.3. The van der Waals surface area contributed by atoms with Crippen molar-refractivity contribution in [3.8, 4) is 0 Å². The van der Waals surface area contributed by atoms with Gasteiger partial charge in [0.25, 0.3) is 0 Å². The highest BCUT2D eigenvalue weighted by Gasteiger charge is 1.94. The molecule has 0 saturated carbocycles. The number of aromatic nitrogens is 2. The number of nitrogens with zero attached hydrogens (tertiary/aromatic N) is 2. The molecule has 0 unspecified atom stereocenters. The number of benzene rings is 1. The molecule has 2 aromatic rings. The zero-order valence-corrected chi connectivity index (χ0v) is 10.2. The van der Waals surface area contributed by atoms with E-state index in [0.717, 1.165) is 11.4 Å². The highest BCUT2D eigenvalue weighted by molar-refractivity contribution is 5.52. The van der Waals surface area contributed by atoms with Crippen LogP contribution in [-0.4, -0.2) is 9.78 Å². The van der Waals surface area contributed by atoms with E-state index in [4.69, 9.17) is 0 Å². The smallest absolute Gasteiger partial charge is 0.0600 e. The van der Waals surface area contributed by atoms with E-state index < -0.39 is 0 Å². The Morgan fingerprint density at radius 2 is 1.82 bits per heavy atom. The molecule has 0 spiro atoms. The summed E-state index contributed by atoms with van der Waals surface area (Å²) in [6.07, 6.45) is 8.04. The molecule has 0 amide bonds. The lowest BCUT2D eigenvalue weighted by molar-refractivity contribution is 0.881. The Hall–Kier alpha value is -2.09. The summed E-state index contributed by atoms with van der Waals surface area (Å²) in [5.41, 5.74) is 3.39. The molecule has 0 aliphatic heterocycles. The maximum absolute atomic E-state index is 4.35. The third-order valence-corrected chi connectivity index (χ3v) is 2.47. The van der Waals surface area contributed by atoms with Crippen molar-refractivity contribution in [2.24, 2.45) is 0 Å². The third kappa shape index (κ3) is 3.18. The topological polar surface area (TPSA) is 17.8 Å². The first-order valence-corrected chi connectivity index (χ1v) is 5.68. The van der Waals surface area contributed by atoms with Gasteiger partial charge in [0.15, 0.2) is 0 Å². The van der Waals surface area contributed by atoms with Crippen molar-refractivity contribution in [2.45, 2.75) is 13.8 Å². The zero-order valence-electron chi connectivity index (χ0n) is 10.2. The van der Waals surface area contributed by atoms with Gasteiger partial charge in [0.1, 0.15) is 0 Å². The second-order valence-corrected chi connectivity index (χ2v) is 3.98. The summed E-state index contributed by atoms with van der Waals surface area (Å²) in [4.78, 5) is 0. The maximum atomic E-state index is 4.35. The molecule has 0 N–H and O–H groups in total. The van der Waals surface area contributed by atoms with Crippen LogP contribution < -0.4 is 0 Å². The Labute approximate surface area is 102 Å². The fourth-order valence-electron chi connectivity index (χ4n) is 1.66. The second kappa shape index (κ2) is 5.30. The van der Waals surface area contributed by atoms with Crippen molar-refractivity contribution in [3.63, 3.8) is 0 Å². The minimum absolute atomic E-state index is 1.04. The molecule has 0 fully saturated rings. The van der Waals surface area contributed by atoms with Crippen LogP contribution in [0.25, 0.3) is 12.3 Å². The molecule has 0 saturated heterocycles. The Morgan fingerprint density at radius 3 is 2.47 bits per heavy atom. The van der Waals surface area contributed by atoms with E-state index in [-0.39, 0.29) is 0 Å². The van der Waals surface area contributed by atoms with Crippen molar-refractivity contribution < 1.29 is 0 Å². The molecular formula is C15H16N2. The fourth-order valence-corrected chi connectivity index (χ4v) is 1.66. The monoisotopic (exact) mass is 224 g/mol. The molecule has 1 aromatic carbocycles. The molecule has 1 aromatic heterocycles. The van der Waals surface area contributed by atoms with Crippen LogP contribution in [0.2, 0.25) is 0 Å². The van der Waals surface area contributed by atoms with Crippen LogP contribution in [0, 0.1) is 13.8 Å². The number of allylic oxidation sites excluding steroid dienone is 2. The molecule has 2 heteroatoms. The first-order chi connectivity index (χ1) is 8.25. The molecule has 0 atom stereocenters. The normalized spacial score (nSPS) is 11.6. The van der Waals surface area contributed by atoms with Crippen molar-refractivity contribution in [2.75, 3.05) is 0 Å². The summed E-state index contributed by atoms with van der Waals surface area (Å²) in [6.45, 7) is 4.04. The predicted octanol–water partition coefficient (Wildman–Crippen LogP) is 3.68. The predicted molar refractivity (Wildman–Crippen MR) is 72.5 cm³/mol. The second-order valence-electron chi connectivity index (χ2n) is 3.98. The average Bonchev–Trinajstić information content (AvgIpc) is 2.65. The first-order valence-electron chi connectivity index (χ1n) is 5.68. The van der Waals surface area contributed by atoms with Crippen molar-refractivity contribution in [3.05, 3.63) is 65.5 Å². The highest BCUT2D eigenvalue weighted by Crippen LogP contribution is 2.03. The third-order valence-electron chi connectivity index (χ3n) is 2.47. The summed E-state index contributed by atoms with van der Waals surface area (Å²) >= 11 is 0. The minimum Gasteiger partial charge on any atom is -0.245 e. The van der Waals surface area contributed by atoms with E-state index in [0.29, 0.717) is 0 Å². The zero-order chi connectivity index (χ0) is 12.1. The Balaban J connectivity index is 2.03. The molecule has 0 bridgehead atoms. The van der Waals surface area contributed by atoms with Gasteiger partial charge in [-0.1, -0.05) is 42.5 Å². The van der Waals surface area contributed by atoms with Crippen molar-refractivity contribution in [1.82, 2.24) is 9.78 Å². The lowest BCUT2D eigenvalue weighted by Crippen LogP contribution is -1.90. The van der Waals surface area contributed by atoms with Gasteiger partial charge < -0.3 is 0 Å². The summed E-state index contributed by atoms with van der Waals surface area (Å²) in [5, 5.41) is 4.35. The highest BCUT2D eigenvalue weighted by atomic mass is 15.3. The van der Waals surface area contributed by atoms with Gasteiger partial charge in [0.05, 0.1) is 5.69 Å². The Bertz CT molecular complexity index is 533. The number of aryl methyl sites for hydroxylation is 2. The first kappa shape index (κ1) is 11.4. The van der Waals surface area contributed by atoms with E-state index in [2.05, 4.69) is 29.4 Å². The molecule has 0 aliphatic rings. The molecule has 86 valence electrons. The summed E-state index contributed by atoms with van der Waals surface area (Å²) in [7, 11) is 0. The molecule has 2 nitrogen and oxygen atoms in total. The lowest BCUT2D eigenvalue weighted by Gasteiger charge is -1.93. The molecule has 17 heavy (non-hydrogen) atoms. The standard InChI is InChI=1S/C15H16N2/c1-13-12-14(2)17(16-13)11-7-6-10-15-8-4-3-5-9-15/h3-12H,1-2H3/b10-6+,11-7-. The van der Waals surface area contributed by atoms with Gasteiger partial charge in [0, 0.05) is 11.9 Å². The minimum atomic E-state index is 1.04. The molecule has 0 aliphatic carbocycles. The van der Waals surface area contributed by atoms with E-state index in [1.54, 1.807) is 0 Å². The number of rotatable bonds is 3. The quantitative estimate of drug-likeness (QED) is 0.727. The maximum Gasteiger partial charge on any atom is 0.0600 e.